The third kappa shape index (κ3) is 3.95. The second-order valence-corrected chi connectivity index (χ2v) is 6.78. The van der Waals surface area contributed by atoms with Crippen molar-refractivity contribution in [2.75, 3.05) is 26.7 Å². The smallest absolute Gasteiger partial charge is 0.233 e. The van der Waals surface area contributed by atoms with Crippen molar-refractivity contribution in [1.82, 2.24) is 10.2 Å². The highest BCUT2D eigenvalue weighted by atomic mass is 16.2. The summed E-state index contributed by atoms with van der Waals surface area (Å²) in [5.74, 6) is 1.10. The molecule has 0 radical (unpaired) electrons. The first-order chi connectivity index (χ1) is 11.2. The Morgan fingerprint density at radius 2 is 1.78 bits per heavy atom. The van der Waals surface area contributed by atoms with Crippen LogP contribution in [0, 0.1) is 5.92 Å². The summed E-state index contributed by atoms with van der Waals surface area (Å²) in [6.45, 7) is 7.21. The second-order valence-electron chi connectivity index (χ2n) is 6.78. The summed E-state index contributed by atoms with van der Waals surface area (Å²) in [5.41, 5.74) is 0.825. The largest absolute Gasteiger partial charge is 0.342 e. The van der Waals surface area contributed by atoms with Gasteiger partial charge in [0.25, 0.3) is 0 Å². The predicted molar refractivity (Wildman–Crippen MR) is 96.5 cm³/mol. The van der Waals surface area contributed by atoms with E-state index in [4.69, 9.17) is 0 Å². The molecule has 1 amide bonds. The quantitative estimate of drug-likeness (QED) is 0.834. The van der Waals surface area contributed by atoms with Crippen molar-refractivity contribution in [3.8, 4) is 0 Å². The molecule has 23 heavy (non-hydrogen) atoms. The van der Waals surface area contributed by atoms with Crippen LogP contribution in [-0.4, -0.2) is 37.5 Å². The first-order valence-electron chi connectivity index (χ1n) is 9.17. The number of benzene rings is 1. The van der Waals surface area contributed by atoms with E-state index in [0.29, 0.717) is 5.91 Å². The minimum atomic E-state index is -0.348. The number of nitrogens with zero attached hydrogens (tertiary/aromatic N) is 1. The van der Waals surface area contributed by atoms with Gasteiger partial charge in [-0.25, -0.2) is 0 Å². The molecule has 1 saturated heterocycles. The van der Waals surface area contributed by atoms with Gasteiger partial charge in [0, 0.05) is 13.1 Å². The van der Waals surface area contributed by atoms with Gasteiger partial charge < -0.3 is 10.2 Å². The van der Waals surface area contributed by atoms with Crippen LogP contribution in [0.5, 0.6) is 0 Å². The number of carbonyl (C=O) groups excluding carboxylic acids is 1. The van der Waals surface area contributed by atoms with Gasteiger partial charge in [0.1, 0.15) is 0 Å². The van der Waals surface area contributed by atoms with Crippen LogP contribution in [0.3, 0.4) is 0 Å². The minimum Gasteiger partial charge on any atom is -0.342 e. The Morgan fingerprint density at radius 1 is 1.17 bits per heavy atom. The van der Waals surface area contributed by atoms with Crippen molar-refractivity contribution in [2.45, 2.75) is 51.4 Å². The maximum atomic E-state index is 13.3. The molecule has 3 nitrogen and oxygen atoms in total. The molecule has 1 aliphatic heterocycles. The van der Waals surface area contributed by atoms with Crippen molar-refractivity contribution in [3.63, 3.8) is 0 Å². The summed E-state index contributed by atoms with van der Waals surface area (Å²) in [7, 11) is 2.01. The van der Waals surface area contributed by atoms with Crippen molar-refractivity contribution in [1.29, 1.82) is 0 Å². The van der Waals surface area contributed by atoms with E-state index in [1.807, 2.05) is 25.2 Å². The fourth-order valence-corrected chi connectivity index (χ4v) is 3.92. The number of nitrogens with one attached hydrogen (secondary N) is 1. The maximum absolute atomic E-state index is 13.3. The highest BCUT2D eigenvalue weighted by Gasteiger charge is 2.40. The molecule has 2 rings (SSSR count). The molecule has 1 aliphatic rings. The normalized spacial score (nSPS) is 16.6. The van der Waals surface area contributed by atoms with Gasteiger partial charge in [0.15, 0.2) is 0 Å². The van der Waals surface area contributed by atoms with Gasteiger partial charge in [-0.2, -0.15) is 0 Å². The summed E-state index contributed by atoms with van der Waals surface area (Å²) in [4.78, 5) is 15.4. The number of likely N-dealkylation sites (tertiary alicyclic amines) is 1. The molecule has 0 atom stereocenters. The van der Waals surface area contributed by atoms with Gasteiger partial charge in [-0.05, 0) is 57.2 Å². The molecule has 0 bridgehead atoms. The summed E-state index contributed by atoms with van der Waals surface area (Å²) in [5, 5.41) is 3.23. The molecule has 1 N–H and O–H groups in total. The van der Waals surface area contributed by atoms with Crippen LogP contribution in [0.1, 0.15) is 51.5 Å². The molecule has 1 aromatic carbocycles. The van der Waals surface area contributed by atoms with Crippen molar-refractivity contribution < 1.29 is 4.79 Å². The Bertz CT molecular complexity index is 474. The number of carbonyl (C=O) groups is 1. The fraction of sp³-hybridized carbons (Fsp3) is 0.650. The molecule has 0 unspecified atom stereocenters. The predicted octanol–water partition coefficient (Wildman–Crippen LogP) is 3.59. The lowest BCUT2D eigenvalue weighted by Gasteiger charge is -2.40. The maximum Gasteiger partial charge on any atom is 0.233 e. The Morgan fingerprint density at radius 3 is 2.30 bits per heavy atom. The zero-order valence-corrected chi connectivity index (χ0v) is 15.0. The van der Waals surface area contributed by atoms with E-state index in [9.17, 15) is 4.79 Å². The molecular formula is C20H32N2O. The number of amides is 1. The Hall–Kier alpha value is -1.35. The summed E-state index contributed by atoms with van der Waals surface area (Å²) in [6.07, 6.45) is 5.25. The highest BCUT2D eigenvalue weighted by molar-refractivity contribution is 5.88. The van der Waals surface area contributed by atoms with E-state index in [1.54, 1.807) is 0 Å². The second kappa shape index (κ2) is 8.49. The molecule has 0 aliphatic carbocycles. The first-order valence-corrected chi connectivity index (χ1v) is 9.17. The van der Waals surface area contributed by atoms with Crippen molar-refractivity contribution in [2.24, 2.45) is 5.92 Å². The zero-order chi connectivity index (χ0) is 16.7. The molecule has 0 aromatic heterocycles. The van der Waals surface area contributed by atoms with Gasteiger partial charge in [-0.3, -0.25) is 4.79 Å². The van der Waals surface area contributed by atoms with Crippen LogP contribution in [0.25, 0.3) is 0 Å². The SMILES string of the molecule is CCC(CC)(C(=O)N1CCC(CCNC)CC1)c1ccccc1. The van der Waals surface area contributed by atoms with E-state index in [2.05, 4.69) is 36.2 Å². The third-order valence-corrected chi connectivity index (χ3v) is 5.65. The van der Waals surface area contributed by atoms with Crippen LogP contribution in [0.15, 0.2) is 30.3 Å². The zero-order valence-electron chi connectivity index (χ0n) is 15.0. The van der Waals surface area contributed by atoms with Crippen molar-refractivity contribution in [3.05, 3.63) is 35.9 Å². The number of hydrogen-bond donors (Lipinski definition) is 1. The van der Waals surface area contributed by atoms with Gasteiger partial charge in [-0.1, -0.05) is 44.2 Å². The molecule has 1 fully saturated rings. The van der Waals surface area contributed by atoms with E-state index in [1.165, 1.54) is 12.0 Å². The summed E-state index contributed by atoms with van der Waals surface area (Å²) < 4.78 is 0. The van der Waals surface area contributed by atoms with Gasteiger partial charge in [0.2, 0.25) is 5.91 Å². The van der Waals surface area contributed by atoms with Crippen molar-refractivity contribution >= 4 is 5.91 Å². The first kappa shape index (κ1) is 18.0. The summed E-state index contributed by atoms with van der Waals surface area (Å²) >= 11 is 0. The molecule has 3 heteroatoms. The third-order valence-electron chi connectivity index (χ3n) is 5.65. The van der Waals surface area contributed by atoms with E-state index in [0.717, 1.165) is 51.2 Å². The van der Waals surface area contributed by atoms with Gasteiger partial charge >= 0.3 is 0 Å². The number of piperidine rings is 1. The van der Waals surface area contributed by atoms with Crippen LogP contribution >= 0.6 is 0 Å². The van der Waals surface area contributed by atoms with E-state index in [-0.39, 0.29) is 5.41 Å². The molecular weight excluding hydrogens is 284 g/mol. The minimum absolute atomic E-state index is 0.334. The van der Waals surface area contributed by atoms with Gasteiger partial charge in [0.05, 0.1) is 5.41 Å². The van der Waals surface area contributed by atoms with E-state index >= 15 is 0 Å². The van der Waals surface area contributed by atoms with E-state index < -0.39 is 0 Å². The van der Waals surface area contributed by atoms with Crippen LogP contribution < -0.4 is 5.32 Å². The lowest BCUT2D eigenvalue weighted by atomic mass is 9.74. The molecule has 1 aromatic rings. The highest BCUT2D eigenvalue weighted by Crippen LogP contribution is 2.35. The molecule has 0 spiro atoms. The standard InChI is InChI=1S/C20H32N2O/c1-4-20(5-2,18-9-7-6-8-10-18)19(23)22-15-12-17(13-16-22)11-14-21-3/h6-10,17,21H,4-5,11-16H2,1-3H3. The number of rotatable bonds is 7. The lowest BCUT2D eigenvalue weighted by molar-refractivity contribution is -0.139. The molecule has 128 valence electrons. The topological polar surface area (TPSA) is 32.3 Å². The number of hydrogen-bond acceptors (Lipinski definition) is 2. The lowest BCUT2D eigenvalue weighted by Crippen LogP contribution is -2.49. The van der Waals surface area contributed by atoms with Crippen LogP contribution in [-0.2, 0) is 10.2 Å². The Labute approximate surface area is 141 Å². The average molecular weight is 316 g/mol. The van der Waals surface area contributed by atoms with Crippen LogP contribution in [0.2, 0.25) is 0 Å². The van der Waals surface area contributed by atoms with Gasteiger partial charge in [-0.15, -0.1) is 0 Å². The fourth-order valence-electron chi connectivity index (χ4n) is 3.92. The average Bonchev–Trinajstić information content (AvgIpc) is 2.62. The molecule has 0 saturated carbocycles. The summed E-state index contributed by atoms with van der Waals surface area (Å²) in [6, 6.07) is 10.4. The monoisotopic (exact) mass is 316 g/mol. The Balaban J connectivity index is 2.08. The molecule has 1 heterocycles. The Kier molecular flexibility index (Phi) is 6.64. The van der Waals surface area contributed by atoms with Crippen LogP contribution in [0.4, 0.5) is 0 Å².